The second-order valence-electron chi connectivity index (χ2n) is 4.77. The maximum Gasteiger partial charge on any atom is 0.315 e. The molecule has 1 aromatic carbocycles. The van der Waals surface area contributed by atoms with E-state index in [1.807, 2.05) is 17.5 Å². The van der Waals surface area contributed by atoms with Crippen molar-refractivity contribution < 1.29 is 19.4 Å². The zero-order valence-corrected chi connectivity index (χ0v) is 13.9. The summed E-state index contributed by atoms with van der Waals surface area (Å²) in [4.78, 5) is 12.8. The largest absolute Gasteiger partial charge is 0.497 e. The lowest BCUT2D eigenvalue weighted by molar-refractivity contribution is 0.169. The molecule has 0 aliphatic carbocycles. The molecule has 1 unspecified atom stereocenters. The summed E-state index contributed by atoms with van der Waals surface area (Å²) < 4.78 is 10.4. The van der Waals surface area contributed by atoms with Crippen LogP contribution in [0, 0.1) is 0 Å². The van der Waals surface area contributed by atoms with E-state index in [9.17, 15) is 9.90 Å². The van der Waals surface area contributed by atoms with Crippen LogP contribution in [-0.2, 0) is 6.54 Å². The van der Waals surface area contributed by atoms with Gasteiger partial charge in [0.1, 0.15) is 17.6 Å². The Morgan fingerprint density at radius 1 is 1.26 bits per heavy atom. The van der Waals surface area contributed by atoms with Crippen LogP contribution in [0.15, 0.2) is 35.7 Å². The number of carbonyl (C=O) groups excluding carboxylic acids is 1. The van der Waals surface area contributed by atoms with Gasteiger partial charge in [-0.25, -0.2) is 4.79 Å². The van der Waals surface area contributed by atoms with Crippen molar-refractivity contribution in [1.29, 1.82) is 0 Å². The van der Waals surface area contributed by atoms with Crippen LogP contribution in [0.1, 0.15) is 16.5 Å². The number of aliphatic hydroxyl groups is 1. The van der Waals surface area contributed by atoms with Crippen LogP contribution in [0.4, 0.5) is 4.79 Å². The van der Waals surface area contributed by atoms with E-state index in [0.29, 0.717) is 23.6 Å². The van der Waals surface area contributed by atoms with Gasteiger partial charge < -0.3 is 25.2 Å². The monoisotopic (exact) mass is 336 g/mol. The molecule has 6 nitrogen and oxygen atoms in total. The number of urea groups is 1. The first-order valence-electron chi connectivity index (χ1n) is 7.08. The molecule has 0 fully saturated rings. The van der Waals surface area contributed by atoms with E-state index >= 15 is 0 Å². The maximum atomic E-state index is 11.8. The van der Waals surface area contributed by atoms with E-state index in [0.717, 1.165) is 4.88 Å². The Morgan fingerprint density at radius 2 is 2.09 bits per heavy atom. The van der Waals surface area contributed by atoms with E-state index in [1.165, 1.54) is 7.11 Å². The van der Waals surface area contributed by atoms with Gasteiger partial charge in [0.15, 0.2) is 0 Å². The highest BCUT2D eigenvalue weighted by Gasteiger charge is 2.15. The Morgan fingerprint density at radius 3 is 2.74 bits per heavy atom. The Balaban J connectivity index is 1.88. The predicted molar refractivity (Wildman–Crippen MR) is 89.1 cm³/mol. The van der Waals surface area contributed by atoms with E-state index in [-0.39, 0.29) is 12.6 Å². The number of hydrogen-bond donors (Lipinski definition) is 3. The fourth-order valence-electron chi connectivity index (χ4n) is 2.04. The summed E-state index contributed by atoms with van der Waals surface area (Å²) in [5, 5.41) is 17.6. The SMILES string of the molecule is COc1ccc(OC)c(C(O)CNC(=O)NCc2cccs2)c1. The fourth-order valence-corrected chi connectivity index (χ4v) is 2.69. The first-order chi connectivity index (χ1) is 11.1. The van der Waals surface area contributed by atoms with Crippen molar-refractivity contribution in [3.63, 3.8) is 0 Å². The van der Waals surface area contributed by atoms with Crippen molar-refractivity contribution >= 4 is 17.4 Å². The molecule has 1 heterocycles. The predicted octanol–water partition coefficient (Wildman–Crippen LogP) is 2.30. The number of nitrogens with one attached hydrogen (secondary N) is 2. The van der Waals surface area contributed by atoms with E-state index in [2.05, 4.69) is 10.6 Å². The van der Waals surface area contributed by atoms with E-state index in [1.54, 1.807) is 36.6 Å². The van der Waals surface area contributed by atoms with Crippen molar-refractivity contribution in [3.8, 4) is 11.5 Å². The highest BCUT2D eigenvalue weighted by molar-refractivity contribution is 7.09. The third kappa shape index (κ3) is 4.87. The van der Waals surface area contributed by atoms with Gasteiger partial charge in [-0.1, -0.05) is 6.07 Å². The van der Waals surface area contributed by atoms with Crippen molar-refractivity contribution in [2.45, 2.75) is 12.6 Å². The van der Waals surface area contributed by atoms with Crippen molar-refractivity contribution in [3.05, 3.63) is 46.2 Å². The molecule has 2 aromatic rings. The topological polar surface area (TPSA) is 79.8 Å². The molecule has 0 bridgehead atoms. The average Bonchev–Trinajstić information content (AvgIpc) is 3.10. The van der Waals surface area contributed by atoms with Gasteiger partial charge in [0.25, 0.3) is 0 Å². The van der Waals surface area contributed by atoms with Crippen LogP contribution in [0.25, 0.3) is 0 Å². The summed E-state index contributed by atoms with van der Waals surface area (Å²) in [6.45, 7) is 0.530. The zero-order chi connectivity index (χ0) is 16.7. The smallest absolute Gasteiger partial charge is 0.315 e. The second-order valence-corrected chi connectivity index (χ2v) is 5.80. The van der Waals surface area contributed by atoms with Gasteiger partial charge >= 0.3 is 6.03 Å². The molecule has 1 aromatic heterocycles. The maximum absolute atomic E-state index is 11.8. The number of aliphatic hydroxyl groups excluding tert-OH is 1. The summed E-state index contributed by atoms with van der Waals surface area (Å²) in [5.41, 5.74) is 0.561. The molecule has 0 aliphatic rings. The van der Waals surface area contributed by atoms with Gasteiger partial charge in [-0.3, -0.25) is 0 Å². The Kier molecular flexibility index (Phi) is 6.25. The summed E-state index contributed by atoms with van der Waals surface area (Å²) in [5.74, 6) is 1.15. The first kappa shape index (κ1) is 17.1. The van der Waals surface area contributed by atoms with Crippen LogP contribution in [0.5, 0.6) is 11.5 Å². The molecule has 0 saturated heterocycles. The third-order valence-corrected chi connectivity index (χ3v) is 4.13. The Bertz CT molecular complexity index is 631. The van der Waals surface area contributed by atoms with Gasteiger partial charge in [-0.2, -0.15) is 0 Å². The lowest BCUT2D eigenvalue weighted by Gasteiger charge is -2.16. The minimum Gasteiger partial charge on any atom is -0.497 e. The number of ether oxygens (including phenoxy) is 2. The minimum absolute atomic E-state index is 0.0692. The molecule has 124 valence electrons. The van der Waals surface area contributed by atoms with Gasteiger partial charge in [-0.15, -0.1) is 11.3 Å². The van der Waals surface area contributed by atoms with Crippen LogP contribution < -0.4 is 20.1 Å². The molecule has 0 spiro atoms. The first-order valence-corrected chi connectivity index (χ1v) is 7.96. The molecule has 0 aliphatic heterocycles. The molecule has 1 atom stereocenters. The van der Waals surface area contributed by atoms with Gasteiger partial charge in [0, 0.05) is 17.0 Å². The highest BCUT2D eigenvalue weighted by Crippen LogP contribution is 2.29. The summed E-state index contributed by atoms with van der Waals surface area (Å²) >= 11 is 1.57. The fraction of sp³-hybridized carbons (Fsp3) is 0.312. The molecule has 2 amide bonds. The van der Waals surface area contributed by atoms with E-state index in [4.69, 9.17) is 9.47 Å². The highest BCUT2D eigenvalue weighted by atomic mass is 32.1. The van der Waals surface area contributed by atoms with Gasteiger partial charge in [0.05, 0.1) is 20.8 Å². The van der Waals surface area contributed by atoms with Crippen molar-refractivity contribution in [1.82, 2.24) is 10.6 Å². The average molecular weight is 336 g/mol. The second kappa shape index (κ2) is 8.40. The number of thiophene rings is 1. The van der Waals surface area contributed by atoms with Gasteiger partial charge in [0.2, 0.25) is 0 Å². The van der Waals surface area contributed by atoms with Crippen LogP contribution in [-0.4, -0.2) is 31.9 Å². The summed E-state index contributed by atoms with van der Waals surface area (Å²) in [6, 6.07) is 8.69. The summed E-state index contributed by atoms with van der Waals surface area (Å²) in [6.07, 6.45) is -0.896. The van der Waals surface area contributed by atoms with Crippen LogP contribution in [0.3, 0.4) is 0 Å². The number of methoxy groups -OCH3 is 2. The number of amides is 2. The van der Waals surface area contributed by atoms with Crippen LogP contribution in [0.2, 0.25) is 0 Å². The number of carbonyl (C=O) groups is 1. The normalized spacial score (nSPS) is 11.6. The standard InChI is InChI=1S/C16H20N2O4S/c1-21-11-5-6-15(22-2)13(8-11)14(19)10-18-16(20)17-9-12-4-3-7-23-12/h3-8,14,19H,9-10H2,1-2H3,(H2,17,18,20). The molecule has 7 heteroatoms. The zero-order valence-electron chi connectivity index (χ0n) is 13.0. The number of hydrogen-bond acceptors (Lipinski definition) is 5. The van der Waals surface area contributed by atoms with E-state index < -0.39 is 6.10 Å². The number of benzene rings is 1. The van der Waals surface area contributed by atoms with Crippen molar-refractivity contribution in [2.24, 2.45) is 0 Å². The molecular weight excluding hydrogens is 316 g/mol. The summed E-state index contributed by atoms with van der Waals surface area (Å²) in [7, 11) is 3.08. The molecule has 2 rings (SSSR count). The van der Waals surface area contributed by atoms with Gasteiger partial charge in [-0.05, 0) is 29.6 Å². The van der Waals surface area contributed by atoms with Crippen LogP contribution >= 0.6 is 11.3 Å². The quantitative estimate of drug-likeness (QED) is 0.725. The molecule has 3 N–H and O–H groups in total. The Hall–Kier alpha value is -2.25. The lowest BCUT2D eigenvalue weighted by Crippen LogP contribution is -2.37. The molecular formula is C16H20N2O4S. The number of rotatable bonds is 7. The lowest BCUT2D eigenvalue weighted by atomic mass is 10.1. The Labute approximate surface area is 139 Å². The molecule has 23 heavy (non-hydrogen) atoms. The molecule has 0 saturated carbocycles. The van der Waals surface area contributed by atoms with Crippen molar-refractivity contribution in [2.75, 3.05) is 20.8 Å². The molecule has 0 radical (unpaired) electrons. The minimum atomic E-state index is -0.896. The third-order valence-electron chi connectivity index (χ3n) is 3.26.